The summed E-state index contributed by atoms with van der Waals surface area (Å²) in [4.78, 5) is 17.0. The topological polar surface area (TPSA) is 54.0 Å². The number of nitrogens with zero attached hydrogens (tertiary/aromatic N) is 2. The zero-order chi connectivity index (χ0) is 20.4. The number of hydrogen-bond acceptors (Lipinski definition) is 5. The lowest BCUT2D eigenvalue weighted by Crippen LogP contribution is -2.46. The van der Waals surface area contributed by atoms with Gasteiger partial charge in [0.15, 0.2) is 5.79 Å². The van der Waals surface area contributed by atoms with Gasteiger partial charge in [-0.25, -0.2) is 0 Å². The van der Waals surface area contributed by atoms with Gasteiger partial charge in [0.1, 0.15) is 12.2 Å². The number of fused-ring (bicyclic) bond motifs is 1. The molecule has 1 amide bonds. The van der Waals surface area contributed by atoms with E-state index >= 15 is 0 Å². The van der Waals surface area contributed by atoms with Gasteiger partial charge >= 0.3 is 0 Å². The van der Waals surface area contributed by atoms with Gasteiger partial charge in [0, 0.05) is 44.8 Å². The molecule has 6 heteroatoms. The van der Waals surface area contributed by atoms with Crippen LogP contribution in [0.1, 0.15) is 52.0 Å². The Morgan fingerprint density at radius 2 is 1.97 bits per heavy atom. The van der Waals surface area contributed by atoms with Crippen LogP contribution in [0.5, 0.6) is 0 Å². The fourth-order valence-corrected chi connectivity index (χ4v) is 5.00. The molecule has 3 saturated heterocycles. The molecule has 0 bridgehead atoms. The van der Waals surface area contributed by atoms with Crippen molar-refractivity contribution < 1.29 is 14.3 Å². The summed E-state index contributed by atoms with van der Waals surface area (Å²) in [6.45, 7) is 10.5. The lowest BCUT2D eigenvalue weighted by Gasteiger charge is -2.31. The van der Waals surface area contributed by atoms with E-state index in [0.29, 0.717) is 13.0 Å². The summed E-state index contributed by atoms with van der Waals surface area (Å²) < 4.78 is 12.4. The van der Waals surface area contributed by atoms with Crippen LogP contribution in [0.2, 0.25) is 0 Å². The van der Waals surface area contributed by atoms with Gasteiger partial charge in [-0.05, 0) is 44.7 Å². The molecule has 1 aromatic carbocycles. The van der Waals surface area contributed by atoms with Crippen LogP contribution < -0.4 is 10.2 Å². The monoisotopic (exact) mass is 401 g/mol. The molecule has 160 valence electrons. The van der Waals surface area contributed by atoms with Gasteiger partial charge < -0.3 is 19.7 Å². The summed E-state index contributed by atoms with van der Waals surface area (Å²) in [6.07, 6.45) is 4.02. The number of amides is 1. The molecule has 29 heavy (non-hydrogen) atoms. The van der Waals surface area contributed by atoms with E-state index in [2.05, 4.69) is 39.4 Å². The second-order valence-corrected chi connectivity index (χ2v) is 9.01. The van der Waals surface area contributed by atoms with Gasteiger partial charge in [-0.15, -0.1) is 0 Å². The van der Waals surface area contributed by atoms with Crippen molar-refractivity contribution in [3.63, 3.8) is 0 Å². The third kappa shape index (κ3) is 4.60. The van der Waals surface area contributed by atoms with Gasteiger partial charge in [-0.2, -0.15) is 0 Å². The maximum atomic E-state index is 12.1. The summed E-state index contributed by atoms with van der Waals surface area (Å²) in [7, 11) is 0. The van der Waals surface area contributed by atoms with Gasteiger partial charge in [0.05, 0.1) is 6.04 Å². The number of likely N-dealkylation sites (tertiary alicyclic amines) is 1. The molecule has 3 aliphatic rings. The first-order chi connectivity index (χ1) is 14.0. The van der Waals surface area contributed by atoms with Crippen molar-refractivity contribution in [2.45, 2.75) is 77.0 Å². The Kier molecular flexibility index (Phi) is 6.13. The smallest absolute Gasteiger partial charge is 0.220 e. The molecule has 0 radical (unpaired) electrons. The first-order valence-electron chi connectivity index (χ1n) is 11.2. The lowest BCUT2D eigenvalue weighted by molar-refractivity contribution is -0.161. The molecule has 3 heterocycles. The number of para-hydroxylation sites is 1. The highest BCUT2D eigenvalue weighted by atomic mass is 16.8. The van der Waals surface area contributed by atoms with E-state index in [-0.39, 0.29) is 24.2 Å². The number of ether oxygens (including phenoxy) is 2. The van der Waals surface area contributed by atoms with Crippen LogP contribution in [0.4, 0.5) is 5.69 Å². The van der Waals surface area contributed by atoms with Gasteiger partial charge in [0.25, 0.3) is 0 Å². The van der Waals surface area contributed by atoms with Crippen LogP contribution in [0.3, 0.4) is 0 Å². The number of anilines is 1. The Morgan fingerprint density at radius 1 is 1.21 bits per heavy atom. The van der Waals surface area contributed by atoms with Crippen molar-refractivity contribution in [1.29, 1.82) is 0 Å². The van der Waals surface area contributed by atoms with Crippen LogP contribution in [0.15, 0.2) is 24.3 Å². The van der Waals surface area contributed by atoms with Crippen LogP contribution in [0, 0.1) is 0 Å². The van der Waals surface area contributed by atoms with E-state index < -0.39 is 5.79 Å². The van der Waals surface area contributed by atoms with Crippen LogP contribution >= 0.6 is 0 Å². The fourth-order valence-electron chi connectivity index (χ4n) is 5.00. The van der Waals surface area contributed by atoms with Crippen molar-refractivity contribution in [2.24, 2.45) is 0 Å². The third-order valence-corrected chi connectivity index (χ3v) is 6.28. The minimum Gasteiger partial charge on any atom is -0.371 e. The highest BCUT2D eigenvalue weighted by molar-refractivity contribution is 5.75. The Balaban J connectivity index is 1.50. The number of carbonyl (C=O) groups is 1. The average Bonchev–Trinajstić information content (AvgIpc) is 3.36. The summed E-state index contributed by atoms with van der Waals surface area (Å²) in [5, 5.41) is 3.12. The van der Waals surface area contributed by atoms with Crippen molar-refractivity contribution in [2.75, 3.05) is 31.1 Å². The second-order valence-electron chi connectivity index (χ2n) is 9.01. The Bertz CT molecular complexity index is 717. The lowest BCUT2D eigenvalue weighted by atomic mass is 10.1. The molecule has 1 aromatic rings. The molecule has 3 fully saturated rings. The van der Waals surface area contributed by atoms with Crippen molar-refractivity contribution in [3.8, 4) is 0 Å². The van der Waals surface area contributed by atoms with Crippen molar-refractivity contribution >= 4 is 11.6 Å². The summed E-state index contributed by atoms with van der Waals surface area (Å²) in [6, 6.07) is 8.85. The Morgan fingerprint density at radius 3 is 2.72 bits per heavy atom. The van der Waals surface area contributed by atoms with E-state index in [4.69, 9.17) is 9.47 Å². The summed E-state index contributed by atoms with van der Waals surface area (Å²) in [5.74, 6) is -0.438. The molecule has 3 atom stereocenters. The van der Waals surface area contributed by atoms with E-state index in [1.807, 2.05) is 20.8 Å². The van der Waals surface area contributed by atoms with Gasteiger partial charge in [0.2, 0.25) is 5.91 Å². The zero-order valence-electron chi connectivity index (χ0n) is 18.0. The standard InChI is InChI=1S/C23H35N3O3/c1-4-9-21(27)24-14-19-22-20(28-23(2,3)29-22)16-26(19)15-17-10-5-6-11-18(17)25-12-7-8-13-25/h5-6,10-11,19-20,22H,4,7-9,12-16H2,1-3H3,(H,24,27)/t19-,20+,22-/m1/s1. The Labute approximate surface area is 174 Å². The van der Waals surface area contributed by atoms with E-state index in [1.54, 1.807) is 0 Å². The highest BCUT2D eigenvalue weighted by Crippen LogP contribution is 2.38. The molecule has 0 spiro atoms. The molecule has 3 aliphatic heterocycles. The number of benzene rings is 1. The third-order valence-electron chi connectivity index (χ3n) is 6.28. The maximum absolute atomic E-state index is 12.1. The fraction of sp³-hybridized carbons (Fsp3) is 0.696. The number of hydrogen-bond donors (Lipinski definition) is 1. The molecule has 6 nitrogen and oxygen atoms in total. The first kappa shape index (κ1) is 20.6. The van der Waals surface area contributed by atoms with E-state index in [9.17, 15) is 4.79 Å². The molecular formula is C23H35N3O3. The molecule has 0 aromatic heterocycles. The van der Waals surface area contributed by atoms with E-state index in [1.165, 1.54) is 24.1 Å². The minimum atomic E-state index is -0.555. The van der Waals surface area contributed by atoms with Crippen molar-refractivity contribution in [1.82, 2.24) is 10.2 Å². The van der Waals surface area contributed by atoms with Crippen LogP contribution in [-0.4, -0.2) is 61.0 Å². The quantitative estimate of drug-likeness (QED) is 0.761. The number of nitrogens with one attached hydrogen (secondary N) is 1. The first-order valence-corrected chi connectivity index (χ1v) is 11.2. The van der Waals surface area contributed by atoms with Crippen LogP contribution in [-0.2, 0) is 20.8 Å². The predicted molar refractivity (Wildman–Crippen MR) is 114 cm³/mol. The summed E-state index contributed by atoms with van der Waals surface area (Å²) >= 11 is 0. The van der Waals surface area contributed by atoms with Crippen molar-refractivity contribution in [3.05, 3.63) is 29.8 Å². The molecule has 1 N–H and O–H groups in total. The maximum Gasteiger partial charge on any atom is 0.220 e. The highest BCUT2D eigenvalue weighted by Gasteiger charge is 2.52. The minimum absolute atomic E-state index is 0.00845. The predicted octanol–water partition coefficient (Wildman–Crippen LogP) is 2.91. The molecule has 0 unspecified atom stereocenters. The number of rotatable bonds is 7. The largest absolute Gasteiger partial charge is 0.371 e. The molecule has 4 rings (SSSR count). The molecule has 0 saturated carbocycles. The normalized spacial score (nSPS) is 28.7. The van der Waals surface area contributed by atoms with Crippen LogP contribution in [0.25, 0.3) is 0 Å². The van der Waals surface area contributed by atoms with E-state index in [0.717, 1.165) is 32.6 Å². The summed E-state index contributed by atoms with van der Waals surface area (Å²) in [5.41, 5.74) is 2.69. The average molecular weight is 402 g/mol. The van der Waals surface area contributed by atoms with Gasteiger partial charge in [-0.1, -0.05) is 25.1 Å². The zero-order valence-corrected chi connectivity index (χ0v) is 18.0. The molecule has 0 aliphatic carbocycles. The Hall–Kier alpha value is -1.63. The SMILES string of the molecule is CCCC(=O)NC[C@@H]1[C@H]2OC(C)(C)O[C@H]2CN1Cc1ccccc1N1CCCC1. The molecular weight excluding hydrogens is 366 g/mol. The second kappa shape index (κ2) is 8.62. The number of carbonyl (C=O) groups excluding carboxylic acids is 1. The van der Waals surface area contributed by atoms with Gasteiger partial charge in [-0.3, -0.25) is 9.69 Å².